The van der Waals surface area contributed by atoms with Gasteiger partial charge in [0.1, 0.15) is 5.82 Å². The van der Waals surface area contributed by atoms with Crippen molar-refractivity contribution in [1.82, 2.24) is 9.38 Å². The highest BCUT2D eigenvalue weighted by Crippen LogP contribution is 2.21. The van der Waals surface area contributed by atoms with Crippen LogP contribution in [0.3, 0.4) is 0 Å². The number of pyridine rings is 1. The third kappa shape index (κ3) is 2.53. The minimum atomic E-state index is -0.327. The van der Waals surface area contributed by atoms with Gasteiger partial charge >= 0.3 is 5.97 Å². The van der Waals surface area contributed by atoms with Crippen molar-refractivity contribution >= 4 is 11.5 Å². The highest BCUT2D eigenvalue weighted by molar-refractivity contribution is 5.89. The van der Waals surface area contributed by atoms with Gasteiger partial charge < -0.3 is 9.14 Å². The highest BCUT2D eigenvalue weighted by atomic mass is 16.5. The summed E-state index contributed by atoms with van der Waals surface area (Å²) in [6, 6.07) is 3.63. The first kappa shape index (κ1) is 12.6. The molecule has 18 heavy (non-hydrogen) atoms. The number of imidazole rings is 1. The van der Waals surface area contributed by atoms with Crippen molar-refractivity contribution in [1.29, 1.82) is 0 Å². The molecule has 0 aliphatic rings. The topological polar surface area (TPSA) is 43.6 Å². The molecular formula is C14H18N2O2. The molecule has 0 fully saturated rings. The van der Waals surface area contributed by atoms with Gasteiger partial charge in [0.15, 0.2) is 0 Å². The van der Waals surface area contributed by atoms with Crippen LogP contribution in [-0.4, -0.2) is 22.5 Å². The lowest BCUT2D eigenvalue weighted by Gasteiger charge is -2.16. The number of fused-ring (bicyclic) bond motifs is 1. The minimum absolute atomic E-state index is 0.155. The molecule has 4 nitrogen and oxygen atoms in total. The number of aromatic nitrogens is 2. The van der Waals surface area contributed by atoms with Gasteiger partial charge in [-0.2, -0.15) is 0 Å². The quantitative estimate of drug-likeness (QED) is 0.765. The zero-order valence-corrected chi connectivity index (χ0v) is 11.2. The van der Waals surface area contributed by atoms with Gasteiger partial charge in [0, 0.05) is 12.6 Å². The second-order valence-electron chi connectivity index (χ2n) is 5.62. The number of esters is 1. The van der Waals surface area contributed by atoms with E-state index in [1.807, 2.05) is 16.7 Å². The molecule has 0 aliphatic heterocycles. The Labute approximate surface area is 107 Å². The molecule has 4 heteroatoms. The Hall–Kier alpha value is -1.84. The predicted octanol–water partition coefficient (Wildman–Crippen LogP) is 2.71. The van der Waals surface area contributed by atoms with Crippen molar-refractivity contribution < 1.29 is 9.53 Å². The van der Waals surface area contributed by atoms with Crippen molar-refractivity contribution in [2.45, 2.75) is 27.2 Å². The predicted molar refractivity (Wildman–Crippen MR) is 69.7 cm³/mol. The normalized spacial score (nSPS) is 11.8. The maximum Gasteiger partial charge on any atom is 0.339 e. The third-order valence-electron chi connectivity index (χ3n) is 2.71. The first-order valence-corrected chi connectivity index (χ1v) is 5.95. The molecule has 2 aromatic rings. The number of hydrogen-bond donors (Lipinski definition) is 0. The van der Waals surface area contributed by atoms with E-state index in [1.54, 1.807) is 12.3 Å². The Morgan fingerprint density at radius 1 is 1.39 bits per heavy atom. The van der Waals surface area contributed by atoms with Gasteiger partial charge in [0.05, 0.1) is 24.4 Å². The van der Waals surface area contributed by atoms with Crippen molar-refractivity contribution in [2.75, 3.05) is 7.11 Å². The molecule has 0 radical (unpaired) electrons. The monoisotopic (exact) mass is 246 g/mol. The van der Waals surface area contributed by atoms with E-state index in [-0.39, 0.29) is 11.4 Å². The van der Waals surface area contributed by atoms with Crippen LogP contribution in [0.5, 0.6) is 0 Å². The molecule has 0 spiro atoms. The smallest absolute Gasteiger partial charge is 0.339 e. The zero-order valence-electron chi connectivity index (χ0n) is 11.2. The van der Waals surface area contributed by atoms with Crippen LogP contribution in [0.2, 0.25) is 0 Å². The molecule has 2 heterocycles. The van der Waals surface area contributed by atoms with E-state index < -0.39 is 0 Å². The number of ether oxygens (including phenoxy) is 1. The lowest BCUT2D eigenvalue weighted by Crippen LogP contribution is -2.12. The molecule has 0 amide bonds. The largest absolute Gasteiger partial charge is 0.465 e. The fraction of sp³-hybridized carbons (Fsp3) is 0.429. The summed E-state index contributed by atoms with van der Waals surface area (Å²) in [6.45, 7) is 6.49. The molecule has 0 saturated carbocycles. The van der Waals surface area contributed by atoms with Crippen molar-refractivity contribution in [3.8, 4) is 0 Å². The Kier molecular flexibility index (Phi) is 3.11. The van der Waals surface area contributed by atoms with Crippen LogP contribution in [0.25, 0.3) is 5.52 Å². The number of carbonyl (C=O) groups excluding carboxylic acids is 1. The lowest BCUT2D eigenvalue weighted by atomic mass is 9.92. The van der Waals surface area contributed by atoms with Crippen molar-refractivity contribution in [3.05, 3.63) is 35.9 Å². The van der Waals surface area contributed by atoms with E-state index in [1.165, 1.54) is 7.11 Å². The van der Waals surface area contributed by atoms with Crippen LogP contribution >= 0.6 is 0 Å². The number of hydrogen-bond acceptors (Lipinski definition) is 3. The van der Waals surface area contributed by atoms with E-state index in [4.69, 9.17) is 4.74 Å². The van der Waals surface area contributed by atoms with Crippen LogP contribution < -0.4 is 0 Å². The summed E-state index contributed by atoms with van der Waals surface area (Å²) in [4.78, 5) is 15.9. The van der Waals surface area contributed by atoms with Crippen LogP contribution in [-0.2, 0) is 11.2 Å². The molecule has 0 aromatic carbocycles. The maximum atomic E-state index is 11.5. The summed E-state index contributed by atoms with van der Waals surface area (Å²) < 4.78 is 6.69. The van der Waals surface area contributed by atoms with Crippen molar-refractivity contribution in [2.24, 2.45) is 5.41 Å². The van der Waals surface area contributed by atoms with Crippen LogP contribution in [0, 0.1) is 5.41 Å². The average Bonchev–Trinajstić information content (AvgIpc) is 2.68. The molecule has 0 atom stereocenters. The maximum absolute atomic E-state index is 11.5. The number of carbonyl (C=O) groups is 1. The lowest BCUT2D eigenvalue weighted by molar-refractivity contribution is 0.0600. The summed E-state index contributed by atoms with van der Waals surface area (Å²) >= 11 is 0. The number of rotatable bonds is 2. The van der Waals surface area contributed by atoms with Crippen LogP contribution in [0.4, 0.5) is 0 Å². The Bertz CT molecular complexity index is 579. The molecule has 96 valence electrons. The van der Waals surface area contributed by atoms with Gasteiger partial charge in [-0.3, -0.25) is 0 Å². The fourth-order valence-corrected chi connectivity index (χ4v) is 1.89. The second kappa shape index (κ2) is 4.44. The number of methoxy groups -OCH3 is 1. The Balaban J connectivity index is 2.46. The SMILES string of the molecule is COC(=O)c1ccc2cnc(CC(C)(C)C)n2c1. The summed E-state index contributed by atoms with van der Waals surface area (Å²) in [5.74, 6) is 0.635. The molecule has 0 saturated heterocycles. The molecular weight excluding hydrogens is 228 g/mol. The molecule has 0 aliphatic carbocycles. The Morgan fingerprint density at radius 2 is 2.11 bits per heavy atom. The number of nitrogens with zero attached hydrogens (tertiary/aromatic N) is 2. The van der Waals surface area contributed by atoms with Gasteiger partial charge in [-0.05, 0) is 17.5 Å². The minimum Gasteiger partial charge on any atom is -0.465 e. The highest BCUT2D eigenvalue weighted by Gasteiger charge is 2.16. The van der Waals surface area contributed by atoms with Gasteiger partial charge in [-0.25, -0.2) is 9.78 Å². The van der Waals surface area contributed by atoms with E-state index >= 15 is 0 Å². The van der Waals surface area contributed by atoms with Crippen molar-refractivity contribution in [3.63, 3.8) is 0 Å². The van der Waals surface area contributed by atoms with E-state index in [2.05, 4.69) is 25.8 Å². The van der Waals surface area contributed by atoms with Gasteiger partial charge in [0.25, 0.3) is 0 Å². The van der Waals surface area contributed by atoms with Gasteiger partial charge in [0.2, 0.25) is 0 Å². The van der Waals surface area contributed by atoms with E-state index in [0.29, 0.717) is 5.56 Å². The molecule has 0 N–H and O–H groups in total. The summed E-state index contributed by atoms with van der Waals surface area (Å²) in [5, 5.41) is 0. The van der Waals surface area contributed by atoms with Crippen LogP contribution in [0.1, 0.15) is 37.0 Å². The molecule has 0 bridgehead atoms. The molecule has 2 rings (SSSR count). The summed E-state index contributed by atoms with van der Waals surface area (Å²) in [7, 11) is 1.39. The third-order valence-corrected chi connectivity index (χ3v) is 2.71. The zero-order chi connectivity index (χ0) is 13.3. The summed E-state index contributed by atoms with van der Waals surface area (Å²) in [5.41, 5.74) is 1.68. The Morgan fingerprint density at radius 3 is 2.72 bits per heavy atom. The first-order chi connectivity index (χ1) is 8.40. The molecule has 0 unspecified atom stereocenters. The average molecular weight is 246 g/mol. The molecule has 2 aromatic heterocycles. The van der Waals surface area contributed by atoms with Gasteiger partial charge in [-0.1, -0.05) is 20.8 Å². The summed E-state index contributed by atoms with van der Waals surface area (Å²) in [6.07, 6.45) is 4.46. The standard InChI is InChI=1S/C14H18N2O2/c1-14(2,3)7-12-15-8-11-6-5-10(9-16(11)12)13(17)18-4/h5-6,8-9H,7H2,1-4H3. The van der Waals surface area contributed by atoms with Crippen LogP contribution in [0.15, 0.2) is 24.5 Å². The first-order valence-electron chi connectivity index (χ1n) is 5.95. The second-order valence-corrected chi connectivity index (χ2v) is 5.62. The fourth-order valence-electron chi connectivity index (χ4n) is 1.89. The van der Waals surface area contributed by atoms with E-state index in [9.17, 15) is 4.79 Å². The van der Waals surface area contributed by atoms with E-state index in [0.717, 1.165) is 17.8 Å². The van der Waals surface area contributed by atoms with Gasteiger partial charge in [-0.15, -0.1) is 0 Å².